The molecule has 1 N–H and O–H groups in total. The number of aryl methyl sites for hydroxylation is 1. The van der Waals surface area contributed by atoms with Crippen molar-refractivity contribution in [3.63, 3.8) is 0 Å². The molecule has 1 aromatic rings. The van der Waals surface area contributed by atoms with Crippen LogP contribution in [0.5, 0.6) is 0 Å². The molecule has 0 aliphatic rings. The summed E-state index contributed by atoms with van der Waals surface area (Å²) in [5.74, 6) is 0.121. The van der Waals surface area contributed by atoms with E-state index in [1.807, 2.05) is 12.1 Å². The summed E-state index contributed by atoms with van der Waals surface area (Å²) >= 11 is 0. The Morgan fingerprint density at radius 1 is 1.21 bits per heavy atom. The van der Waals surface area contributed by atoms with Gasteiger partial charge in [0.15, 0.2) is 0 Å². The predicted octanol–water partition coefficient (Wildman–Crippen LogP) is 4.75. The number of nitrogens with one attached hydrogen (secondary N) is 1. The molecule has 0 aromatic heterocycles. The maximum absolute atomic E-state index is 11.7. The summed E-state index contributed by atoms with van der Waals surface area (Å²) in [5.41, 5.74) is 2.23. The van der Waals surface area contributed by atoms with Crippen LogP contribution in [-0.4, -0.2) is 5.91 Å². The average molecular weight is 260 g/mol. The third kappa shape index (κ3) is 7.00. The fourth-order valence-corrected chi connectivity index (χ4v) is 2.05. The van der Waals surface area contributed by atoms with Crippen molar-refractivity contribution < 1.29 is 4.79 Å². The lowest BCUT2D eigenvalue weighted by Gasteiger charge is -2.07. The molecule has 105 valence electrons. The molecule has 2 heteroatoms. The Labute approximate surface area is 117 Å². The van der Waals surface area contributed by atoms with Crippen LogP contribution in [0.2, 0.25) is 0 Å². The van der Waals surface area contributed by atoms with Gasteiger partial charge in [0.05, 0.1) is 0 Å². The fraction of sp³-hybridized carbons (Fsp3) is 0.529. The van der Waals surface area contributed by atoms with E-state index in [1.54, 1.807) is 0 Å². The maximum Gasteiger partial charge on any atom is 0.224 e. The smallest absolute Gasteiger partial charge is 0.224 e. The number of rotatable bonds is 9. The van der Waals surface area contributed by atoms with Crippen molar-refractivity contribution in [3.05, 3.63) is 36.8 Å². The zero-order valence-corrected chi connectivity index (χ0v) is 12.1. The minimum Gasteiger partial charge on any atom is -0.326 e. The molecule has 0 spiro atoms. The number of hydrogen-bond acceptors (Lipinski definition) is 1. The van der Waals surface area contributed by atoms with Gasteiger partial charge >= 0.3 is 0 Å². The van der Waals surface area contributed by atoms with Gasteiger partial charge in [-0.1, -0.05) is 51.7 Å². The van der Waals surface area contributed by atoms with Crippen LogP contribution in [0, 0.1) is 6.92 Å². The first kappa shape index (κ1) is 15.7. The Hall–Kier alpha value is -1.31. The molecule has 2 nitrogen and oxygen atoms in total. The van der Waals surface area contributed by atoms with Gasteiger partial charge in [-0.15, -0.1) is 0 Å². The fourth-order valence-electron chi connectivity index (χ4n) is 2.05. The molecule has 0 aliphatic heterocycles. The summed E-state index contributed by atoms with van der Waals surface area (Å²) in [6, 6.07) is 8.20. The highest BCUT2D eigenvalue weighted by atomic mass is 16.1. The molecule has 0 saturated carbocycles. The number of unbranched alkanes of at least 4 members (excludes halogenated alkanes) is 4. The van der Waals surface area contributed by atoms with Gasteiger partial charge in [-0.3, -0.25) is 4.79 Å². The summed E-state index contributed by atoms with van der Waals surface area (Å²) in [6.07, 6.45) is 8.36. The molecule has 0 bridgehead atoms. The summed E-state index contributed by atoms with van der Waals surface area (Å²) < 4.78 is 0. The molecule has 0 heterocycles. The summed E-state index contributed by atoms with van der Waals surface area (Å²) in [5, 5.41) is 2.97. The normalized spacial score (nSPS) is 10.4. The number of amides is 1. The molecule has 0 atom stereocenters. The first-order chi connectivity index (χ1) is 9.26. The Balaban J connectivity index is 2.40. The number of anilines is 1. The van der Waals surface area contributed by atoms with Crippen molar-refractivity contribution in [2.75, 3.05) is 5.32 Å². The quantitative estimate of drug-likeness (QED) is 0.638. The van der Waals surface area contributed by atoms with E-state index in [1.165, 1.54) is 24.8 Å². The monoisotopic (exact) mass is 260 g/mol. The van der Waals surface area contributed by atoms with E-state index in [-0.39, 0.29) is 5.91 Å². The van der Waals surface area contributed by atoms with Crippen LogP contribution in [0.4, 0.5) is 5.69 Å². The minimum atomic E-state index is 0.121. The van der Waals surface area contributed by atoms with E-state index in [9.17, 15) is 4.79 Å². The van der Waals surface area contributed by atoms with E-state index < -0.39 is 0 Å². The Morgan fingerprint density at radius 3 is 2.79 bits per heavy atom. The molecule has 1 amide bonds. The molecule has 0 saturated heterocycles. The van der Waals surface area contributed by atoms with Crippen molar-refractivity contribution in [1.82, 2.24) is 0 Å². The predicted molar refractivity (Wildman–Crippen MR) is 82.1 cm³/mol. The van der Waals surface area contributed by atoms with Crippen LogP contribution < -0.4 is 5.32 Å². The van der Waals surface area contributed by atoms with Gasteiger partial charge in [-0.05, 0) is 37.0 Å². The molecule has 1 aromatic carbocycles. The van der Waals surface area contributed by atoms with Crippen molar-refractivity contribution in [1.29, 1.82) is 0 Å². The van der Waals surface area contributed by atoms with Crippen molar-refractivity contribution in [2.24, 2.45) is 0 Å². The Bertz CT molecular complexity index is 373. The second-order valence-electron chi connectivity index (χ2n) is 5.02. The molecular weight excluding hydrogens is 234 g/mol. The largest absolute Gasteiger partial charge is 0.326 e. The highest BCUT2D eigenvalue weighted by Gasteiger charge is 2.02. The van der Waals surface area contributed by atoms with Crippen molar-refractivity contribution in [3.8, 4) is 0 Å². The molecular formula is C17H26NO. The molecule has 0 fully saturated rings. The zero-order chi connectivity index (χ0) is 13.9. The Kier molecular flexibility index (Phi) is 7.95. The second-order valence-corrected chi connectivity index (χ2v) is 5.02. The van der Waals surface area contributed by atoms with Crippen LogP contribution >= 0.6 is 0 Å². The van der Waals surface area contributed by atoms with Crippen LogP contribution in [0.15, 0.2) is 24.3 Å². The van der Waals surface area contributed by atoms with E-state index in [0.29, 0.717) is 6.42 Å². The zero-order valence-electron chi connectivity index (χ0n) is 12.1. The number of hydrogen-bond donors (Lipinski definition) is 1. The number of benzene rings is 1. The standard InChI is InChI=1S/C17H26NO/c1-3-5-7-8-10-15-11-9-12-16(14-15)18-17(19)13-6-4-2/h9,11-12,14H,1,3-8,10,13H2,2H3,(H,18,19). The van der Waals surface area contributed by atoms with Gasteiger partial charge < -0.3 is 5.32 Å². The van der Waals surface area contributed by atoms with Gasteiger partial charge in [-0.2, -0.15) is 0 Å². The number of carbonyl (C=O) groups is 1. The molecule has 1 radical (unpaired) electrons. The van der Waals surface area contributed by atoms with Gasteiger partial charge in [-0.25, -0.2) is 0 Å². The summed E-state index contributed by atoms with van der Waals surface area (Å²) in [6.45, 7) is 5.95. The maximum atomic E-state index is 11.7. The van der Waals surface area contributed by atoms with Crippen molar-refractivity contribution in [2.45, 2.75) is 58.3 Å². The van der Waals surface area contributed by atoms with E-state index in [0.717, 1.165) is 31.4 Å². The second kappa shape index (κ2) is 9.60. The van der Waals surface area contributed by atoms with Crippen molar-refractivity contribution >= 4 is 11.6 Å². The number of carbonyl (C=O) groups excluding carboxylic acids is 1. The van der Waals surface area contributed by atoms with Crippen LogP contribution in [0.25, 0.3) is 0 Å². The third-order valence-corrected chi connectivity index (χ3v) is 3.18. The highest BCUT2D eigenvalue weighted by Crippen LogP contribution is 2.14. The summed E-state index contributed by atoms with van der Waals surface area (Å²) in [7, 11) is 0. The van der Waals surface area contributed by atoms with Crippen LogP contribution in [-0.2, 0) is 11.2 Å². The van der Waals surface area contributed by atoms with E-state index >= 15 is 0 Å². The van der Waals surface area contributed by atoms with Gasteiger partial charge in [0.1, 0.15) is 0 Å². The van der Waals surface area contributed by atoms with Crippen LogP contribution in [0.3, 0.4) is 0 Å². The van der Waals surface area contributed by atoms with E-state index in [2.05, 4.69) is 31.3 Å². The molecule has 0 aliphatic carbocycles. The summed E-state index contributed by atoms with van der Waals surface area (Å²) in [4.78, 5) is 11.7. The Morgan fingerprint density at radius 2 is 2.05 bits per heavy atom. The average Bonchev–Trinajstić information content (AvgIpc) is 2.42. The lowest BCUT2D eigenvalue weighted by Crippen LogP contribution is -2.11. The first-order valence-corrected chi connectivity index (χ1v) is 7.44. The SMILES string of the molecule is [CH2]CCCCCc1cccc(NC(=O)CCCC)c1. The molecule has 0 unspecified atom stereocenters. The van der Waals surface area contributed by atoms with Gasteiger partial charge in [0.25, 0.3) is 0 Å². The van der Waals surface area contributed by atoms with Gasteiger partial charge in [0, 0.05) is 12.1 Å². The molecule has 1 rings (SSSR count). The topological polar surface area (TPSA) is 29.1 Å². The van der Waals surface area contributed by atoms with E-state index in [4.69, 9.17) is 0 Å². The first-order valence-electron chi connectivity index (χ1n) is 7.44. The molecule has 19 heavy (non-hydrogen) atoms. The highest BCUT2D eigenvalue weighted by molar-refractivity contribution is 5.90. The lowest BCUT2D eigenvalue weighted by atomic mass is 10.1. The van der Waals surface area contributed by atoms with Crippen LogP contribution in [0.1, 0.15) is 57.4 Å². The minimum absolute atomic E-state index is 0.121. The van der Waals surface area contributed by atoms with Gasteiger partial charge in [0.2, 0.25) is 5.91 Å². The lowest BCUT2D eigenvalue weighted by molar-refractivity contribution is -0.116. The third-order valence-electron chi connectivity index (χ3n) is 3.18.